The third-order valence-electron chi connectivity index (χ3n) is 5.35. The first-order valence-electron chi connectivity index (χ1n) is 10.2. The fourth-order valence-corrected chi connectivity index (χ4v) is 4.52. The minimum atomic E-state index is -3.64. The average molecular weight is 432 g/mol. The van der Waals surface area contributed by atoms with Crippen LogP contribution in [0.25, 0.3) is 0 Å². The van der Waals surface area contributed by atoms with E-state index in [0.29, 0.717) is 12.1 Å². The molecule has 0 spiro atoms. The monoisotopic (exact) mass is 431 g/mol. The molecule has 1 unspecified atom stereocenters. The third kappa shape index (κ3) is 5.68. The molecule has 2 aromatic carbocycles. The van der Waals surface area contributed by atoms with Crippen LogP contribution in [0.1, 0.15) is 48.3 Å². The Kier molecular flexibility index (Phi) is 8.18. The van der Waals surface area contributed by atoms with Gasteiger partial charge in [-0.1, -0.05) is 37.3 Å². The summed E-state index contributed by atoms with van der Waals surface area (Å²) in [6, 6.07) is 14.4. The number of amides is 1. The highest BCUT2D eigenvalue weighted by molar-refractivity contribution is 7.89. The molecule has 1 amide bonds. The number of hydrogen-bond acceptors (Lipinski definition) is 4. The fourth-order valence-electron chi connectivity index (χ4n) is 3.11. The van der Waals surface area contributed by atoms with Gasteiger partial charge in [-0.15, -0.1) is 0 Å². The van der Waals surface area contributed by atoms with Gasteiger partial charge in [-0.2, -0.15) is 4.31 Å². The van der Waals surface area contributed by atoms with Crippen LogP contribution in [0.15, 0.2) is 53.4 Å². The van der Waals surface area contributed by atoms with Crippen molar-refractivity contribution in [2.24, 2.45) is 0 Å². The number of hydrogen-bond donors (Lipinski definition) is 1. The lowest BCUT2D eigenvalue weighted by Gasteiger charge is -2.25. The van der Waals surface area contributed by atoms with Gasteiger partial charge in [0.1, 0.15) is 0 Å². The summed E-state index contributed by atoms with van der Waals surface area (Å²) in [7, 11) is 1.84. The minimum absolute atomic E-state index is 0.0128. The van der Waals surface area contributed by atoms with Crippen molar-refractivity contribution < 1.29 is 13.2 Å². The van der Waals surface area contributed by atoms with Gasteiger partial charge in [0.25, 0.3) is 5.91 Å². The van der Waals surface area contributed by atoms with Crippen molar-refractivity contribution in [1.82, 2.24) is 14.5 Å². The van der Waals surface area contributed by atoms with Crippen LogP contribution in [0.5, 0.6) is 0 Å². The molecule has 0 fully saturated rings. The molecule has 164 valence electrons. The van der Waals surface area contributed by atoms with Crippen molar-refractivity contribution in [3.05, 3.63) is 65.2 Å². The van der Waals surface area contributed by atoms with E-state index >= 15 is 0 Å². The summed E-state index contributed by atoms with van der Waals surface area (Å²) in [6.45, 7) is 6.15. The van der Waals surface area contributed by atoms with Crippen LogP contribution in [0.4, 0.5) is 0 Å². The van der Waals surface area contributed by atoms with Gasteiger partial charge >= 0.3 is 0 Å². The van der Waals surface area contributed by atoms with E-state index in [1.54, 1.807) is 12.1 Å². The Hall–Kier alpha value is -2.22. The number of nitrogens with one attached hydrogen (secondary N) is 1. The van der Waals surface area contributed by atoms with Gasteiger partial charge in [-0.3, -0.25) is 4.79 Å². The number of rotatable bonds is 9. The second-order valence-corrected chi connectivity index (χ2v) is 9.92. The van der Waals surface area contributed by atoms with Crippen LogP contribution in [0.3, 0.4) is 0 Å². The minimum Gasteiger partial charge on any atom is -0.350 e. The molecule has 2 aromatic rings. The van der Waals surface area contributed by atoms with Crippen LogP contribution in [0.2, 0.25) is 0 Å². The largest absolute Gasteiger partial charge is 0.350 e. The maximum atomic E-state index is 12.7. The van der Waals surface area contributed by atoms with Crippen molar-refractivity contribution in [3.63, 3.8) is 0 Å². The summed E-state index contributed by atoms with van der Waals surface area (Å²) in [4.78, 5) is 14.9. The first-order valence-corrected chi connectivity index (χ1v) is 11.6. The zero-order chi connectivity index (χ0) is 22.5. The second kappa shape index (κ2) is 10.2. The molecular weight excluding hydrogens is 398 g/mol. The molecule has 0 bridgehead atoms. The van der Waals surface area contributed by atoms with E-state index in [2.05, 4.69) is 41.4 Å². The zero-order valence-corrected chi connectivity index (χ0v) is 19.5. The summed E-state index contributed by atoms with van der Waals surface area (Å²) in [5.41, 5.74) is 2.71. The van der Waals surface area contributed by atoms with Crippen LogP contribution in [-0.2, 0) is 16.4 Å². The van der Waals surface area contributed by atoms with Crippen LogP contribution < -0.4 is 5.32 Å². The van der Waals surface area contributed by atoms with Gasteiger partial charge in [0.05, 0.1) is 10.9 Å². The first-order chi connectivity index (χ1) is 14.1. The molecule has 0 radical (unpaired) electrons. The zero-order valence-electron chi connectivity index (χ0n) is 18.7. The van der Waals surface area contributed by atoms with E-state index in [1.165, 1.54) is 29.0 Å². The van der Waals surface area contributed by atoms with Gasteiger partial charge in [-0.25, -0.2) is 8.42 Å². The van der Waals surface area contributed by atoms with Gasteiger partial charge in [0, 0.05) is 25.2 Å². The molecule has 30 heavy (non-hydrogen) atoms. The summed E-state index contributed by atoms with van der Waals surface area (Å²) in [6.07, 6.45) is 0.981. The van der Waals surface area contributed by atoms with Crippen molar-refractivity contribution in [3.8, 4) is 0 Å². The van der Waals surface area contributed by atoms with Crippen molar-refractivity contribution in [2.45, 2.75) is 44.2 Å². The van der Waals surface area contributed by atoms with Crippen LogP contribution >= 0.6 is 0 Å². The lowest BCUT2D eigenvalue weighted by atomic mass is 10.0. The van der Waals surface area contributed by atoms with Gasteiger partial charge in [-0.05, 0) is 63.7 Å². The molecular formula is C23H33N3O3S. The van der Waals surface area contributed by atoms with E-state index in [4.69, 9.17) is 0 Å². The van der Waals surface area contributed by atoms with Gasteiger partial charge in [0.15, 0.2) is 0 Å². The second-order valence-electron chi connectivity index (χ2n) is 7.93. The normalized spacial score (nSPS) is 13.1. The molecule has 0 aromatic heterocycles. The van der Waals surface area contributed by atoms with E-state index in [1.807, 2.05) is 27.9 Å². The van der Waals surface area contributed by atoms with Crippen LogP contribution in [0, 0.1) is 0 Å². The maximum Gasteiger partial charge on any atom is 0.251 e. The number of aryl methyl sites for hydroxylation is 1. The topological polar surface area (TPSA) is 69.7 Å². The first kappa shape index (κ1) is 24.1. The molecule has 0 saturated carbocycles. The van der Waals surface area contributed by atoms with E-state index in [0.717, 1.165) is 12.0 Å². The highest BCUT2D eigenvalue weighted by Crippen LogP contribution is 2.20. The molecule has 0 aliphatic carbocycles. The van der Waals surface area contributed by atoms with E-state index < -0.39 is 10.0 Å². The molecule has 1 N–H and O–H groups in total. The molecule has 1 atom stereocenters. The molecule has 7 heteroatoms. The van der Waals surface area contributed by atoms with E-state index in [-0.39, 0.29) is 22.9 Å². The Bertz CT molecular complexity index is 954. The predicted molar refractivity (Wildman–Crippen MR) is 121 cm³/mol. The standard InChI is InChI=1S/C23H33N3O3S/c1-7-18-11-13-19(14-12-18)22(25(4)5)16-24-23(27)20-9-8-10-21(15-20)30(28,29)26(6)17(2)3/h8-15,17,22H,7,16H2,1-6H3,(H,24,27). The van der Waals surface area contributed by atoms with Gasteiger partial charge in [0.2, 0.25) is 10.0 Å². The van der Waals surface area contributed by atoms with Crippen LogP contribution in [-0.4, -0.2) is 57.3 Å². The Balaban J connectivity index is 2.16. The average Bonchev–Trinajstić information content (AvgIpc) is 2.73. The van der Waals surface area contributed by atoms with Crippen molar-refractivity contribution >= 4 is 15.9 Å². The Labute approximate surface area is 180 Å². The van der Waals surface area contributed by atoms with Crippen molar-refractivity contribution in [2.75, 3.05) is 27.7 Å². The number of benzene rings is 2. The molecule has 6 nitrogen and oxygen atoms in total. The molecule has 0 saturated heterocycles. The highest BCUT2D eigenvalue weighted by atomic mass is 32.2. The number of carbonyl (C=O) groups is 1. The third-order valence-corrected chi connectivity index (χ3v) is 7.38. The summed E-state index contributed by atoms with van der Waals surface area (Å²) < 4.78 is 26.8. The molecule has 0 heterocycles. The molecule has 0 aliphatic rings. The number of carbonyl (C=O) groups excluding carboxylic acids is 1. The SMILES string of the molecule is CCc1ccc(C(CNC(=O)c2cccc(S(=O)(=O)N(C)C(C)C)c2)N(C)C)cc1. The fraction of sp³-hybridized carbons (Fsp3) is 0.435. The lowest BCUT2D eigenvalue weighted by molar-refractivity contribution is 0.0941. The Morgan fingerprint density at radius 3 is 2.20 bits per heavy atom. The quantitative estimate of drug-likeness (QED) is 0.661. The smallest absolute Gasteiger partial charge is 0.251 e. The summed E-state index contributed by atoms with van der Waals surface area (Å²) in [5, 5.41) is 2.95. The summed E-state index contributed by atoms with van der Waals surface area (Å²) >= 11 is 0. The highest BCUT2D eigenvalue weighted by Gasteiger charge is 2.24. The molecule has 0 aliphatic heterocycles. The Morgan fingerprint density at radius 1 is 1.03 bits per heavy atom. The van der Waals surface area contributed by atoms with Gasteiger partial charge < -0.3 is 10.2 Å². The Morgan fingerprint density at radius 2 is 1.67 bits per heavy atom. The molecule has 2 rings (SSSR count). The number of nitrogens with zero attached hydrogens (tertiary/aromatic N) is 2. The van der Waals surface area contributed by atoms with E-state index in [9.17, 15) is 13.2 Å². The summed E-state index contributed by atoms with van der Waals surface area (Å²) in [5.74, 6) is -0.295. The van der Waals surface area contributed by atoms with Crippen molar-refractivity contribution in [1.29, 1.82) is 0 Å². The number of sulfonamides is 1. The maximum absolute atomic E-state index is 12.7. The predicted octanol–water partition coefficient (Wildman–Crippen LogP) is 3.31. The lowest BCUT2D eigenvalue weighted by Crippen LogP contribution is -2.35. The number of likely N-dealkylation sites (N-methyl/N-ethyl adjacent to an activating group) is 1.